The van der Waals surface area contributed by atoms with E-state index in [4.69, 9.17) is 4.74 Å². The summed E-state index contributed by atoms with van der Waals surface area (Å²) >= 11 is 1.49. The van der Waals surface area contributed by atoms with E-state index in [9.17, 15) is 9.59 Å². The molecule has 1 aliphatic heterocycles. The molecule has 2 aromatic heterocycles. The van der Waals surface area contributed by atoms with E-state index >= 15 is 0 Å². The minimum Gasteiger partial charge on any atom is -0.495 e. The van der Waals surface area contributed by atoms with Crippen LogP contribution in [0.25, 0.3) is 10.2 Å². The van der Waals surface area contributed by atoms with Crippen molar-refractivity contribution in [1.82, 2.24) is 14.8 Å². The molecule has 0 bridgehead atoms. The molecule has 27 heavy (non-hydrogen) atoms. The lowest BCUT2D eigenvalue weighted by molar-refractivity contribution is 0.0946. The second-order valence-electron chi connectivity index (χ2n) is 7.33. The van der Waals surface area contributed by atoms with Crippen molar-refractivity contribution in [1.29, 1.82) is 0 Å². The van der Waals surface area contributed by atoms with Gasteiger partial charge in [0.15, 0.2) is 0 Å². The molecule has 3 heterocycles. The molecular weight excluding hydrogens is 362 g/mol. The number of nitrogens with zero attached hydrogens (tertiary/aromatic N) is 2. The van der Waals surface area contributed by atoms with Crippen molar-refractivity contribution < 1.29 is 9.53 Å². The van der Waals surface area contributed by atoms with E-state index in [-0.39, 0.29) is 23.1 Å². The average Bonchev–Trinajstić information content (AvgIpc) is 3.13. The van der Waals surface area contributed by atoms with Gasteiger partial charge in [0, 0.05) is 12.6 Å². The first-order valence-electron chi connectivity index (χ1n) is 9.74. The molecule has 7 heteroatoms. The average molecular weight is 392 g/mol. The van der Waals surface area contributed by atoms with Crippen LogP contribution in [0.3, 0.4) is 0 Å². The van der Waals surface area contributed by atoms with Crippen LogP contribution in [0.4, 0.5) is 0 Å². The predicted molar refractivity (Wildman–Crippen MR) is 110 cm³/mol. The lowest BCUT2D eigenvalue weighted by Gasteiger charge is -2.26. The topological polar surface area (TPSA) is 63.6 Å². The Morgan fingerprint density at radius 3 is 2.70 bits per heavy atom. The number of aromatic nitrogens is 1. The zero-order valence-electron chi connectivity index (χ0n) is 16.4. The molecule has 0 atom stereocenters. The van der Waals surface area contributed by atoms with Gasteiger partial charge in [0.1, 0.15) is 16.1 Å². The Balaban J connectivity index is 1.77. The summed E-state index contributed by atoms with van der Waals surface area (Å²) in [5.74, 6) is 0.0275. The lowest BCUT2D eigenvalue weighted by atomic mass is 10.1. The van der Waals surface area contributed by atoms with Crippen LogP contribution in [0.5, 0.6) is 5.75 Å². The normalized spacial score (nSPS) is 15.4. The van der Waals surface area contributed by atoms with Gasteiger partial charge in [-0.25, -0.2) is 0 Å². The van der Waals surface area contributed by atoms with Gasteiger partial charge in [-0.15, -0.1) is 11.3 Å². The highest BCUT2D eigenvalue weighted by Crippen LogP contribution is 2.32. The largest absolute Gasteiger partial charge is 0.495 e. The Bertz CT molecular complexity index is 850. The Morgan fingerprint density at radius 2 is 2.04 bits per heavy atom. The number of rotatable bonds is 7. The van der Waals surface area contributed by atoms with Crippen LogP contribution in [0.2, 0.25) is 0 Å². The predicted octanol–water partition coefficient (Wildman–Crippen LogP) is 3.26. The SMILES string of the molecule is COc1c(C(=O)NCCCN2CCCCC2)c(=O)n(C(C)C)c2sccc12. The van der Waals surface area contributed by atoms with Crippen molar-refractivity contribution in [2.75, 3.05) is 33.3 Å². The van der Waals surface area contributed by atoms with Gasteiger partial charge in [0.05, 0.1) is 12.5 Å². The molecule has 6 nitrogen and oxygen atoms in total. The van der Waals surface area contributed by atoms with Crippen molar-refractivity contribution in [3.8, 4) is 5.75 Å². The van der Waals surface area contributed by atoms with Gasteiger partial charge < -0.3 is 15.0 Å². The van der Waals surface area contributed by atoms with E-state index < -0.39 is 0 Å². The third-order valence-corrected chi connectivity index (χ3v) is 6.01. The molecule has 0 unspecified atom stereocenters. The fraction of sp³-hybridized carbons (Fsp3) is 0.600. The smallest absolute Gasteiger partial charge is 0.268 e. The summed E-state index contributed by atoms with van der Waals surface area (Å²) in [4.78, 5) is 29.2. The minimum atomic E-state index is -0.349. The number of ether oxygens (including phenoxy) is 1. The standard InChI is InChI=1S/C20H29N3O3S/c1-14(2)23-19(25)16(17(26-3)15-8-13-27-20(15)23)18(24)21-9-7-12-22-10-5-4-6-11-22/h8,13-14H,4-7,9-12H2,1-3H3,(H,21,24). The molecule has 0 saturated carbocycles. The first kappa shape index (κ1) is 19.9. The van der Waals surface area contributed by atoms with Gasteiger partial charge in [0.2, 0.25) is 0 Å². The number of carbonyl (C=O) groups excluding carboxylic acids is 1. The van der Waals surface area contributed by atoms with Gasteiger partial charge in [-0.05, 0) is 64.2 Å². The molecule has 0 radical (unpaired) electrons. The molecule has 0 aromatic carbocycles. The summed E-state index contributed by atoms with van der Waals surface area (Å²) in [6.45, 7) is 7.74. The molecule has 1 fully saturated rings. The highest BCUT2D eigenvalue weighted by Gasteiger charge is 2.24. The maximum atomic E-state index is 13.0. The Morgan fingerprint density at radius 1 is 1.30 bits per heavy atom. The molecule has 1 saturated heterocycles. The van der Waals surface area contributed by atoms with E-state index in [0.29, 0.717) is 12.3 Å². The monoisotopic (exact) mass is 391 g/mol. The Kier molecular flexibility index (Phi) is 6.55. The zero-order valence-corrected chi connectivity index (χ0v) is 17.2. The summed E-state index contributed by atoms with van der Waals surface area (Å²) in [5.41, 5.74) is -0.180. The number of nitrogens with one attached hydrogen (secondary N) is 1. The minimum absolute atomic E-state index is 0.0322. The number of amides is 1. The number of methoxy groups -OCH3 is 1. The van der Waals surface area contributed by atoms with Crippen molar-refractivity contribution in [3.63, 3.8) is 0 Å². The molecule has 0 spiro atoms. The van der Waals surface area contributed by atoms with Crippen molar-refractivity contribution in [3.05, 3.63) is 27.4 Å². The van der Waals surface area contributed by atoms with Gasteiger partial charge in [-0.3, -0.25) is 14.2 Å². The number of thiophene rings is 1. The van der Waals surface area contributed by atoms with Crippen LogP contribution in [0.15, 0.2) is 16.2 Å². The Hall–Kier alpha value is -1.86. The third kappa shape index (κ3) is 4.19. The quantitative estimate of drug-likeness (QED) is 0.736. The highest BCUT2D eigenvalue weighted by molar-refractivity contribution is 7.16. The maximum Gasteiger partial charge on any atom is 0.268 e. The fourth-order valence-corrected chi connectivity index (χ4v) is 4.79. The number of likely N-dealkylation sites (tertiary alicyclic amines) is 1. The summed E-state index contributed by atoms with van der Waals surface area (Å²) < 4.78 is 7.17. The maximum absolute atomic E-state index is 13.0. The zero-order chi connectivity index (χ0) is 19.4. The van der Waals surface area contributed by atoms with E-state index in [1.807, 2.05) is 25.3 Å². The van der Waals surface area contributed by atoms with E-state index in [0.717, 1.165) is 36.3 Å². The van der Waals surface area contributed by atoms with Crippen molar-refractivity contribution in [2.45, 2.75) is 45.6 Å². The van der Waals surface area contributed by atoms with Crippen LogP contribution in [0, 0.1) is 0 Å². The van der Waals surface area contributed by atoms with Crippen molar-refractivity contribution in [2.24, 2.45) is 0 Å². The van der Waals surface area contributed by atoms with Crippen molar-refractivity contribution >= 4 is 27.5 Å². The van der Waals surface area contributed by atoms with Gasteiger partial charge >= 0.3 is 0 Å². The molecular formula is C20H29N3O3S. The number of hydrogen-bond donors (Lipinski definition) is 1. The molecule has 1 N–H and O–H groups in total. The Labute approximate surface area is 164 Å². The number of carbonyl (C=O) groups is 1. The summed E-state index contributed by atoms with van der Waals surface area (Å²) in [6.07, 6.45) is 4.73. The van der Waals surface area contributed by atoms with Crippen LogP contribution in [-0.4, -0.2) is 48.7 Å². The highest BCUT2D eigenvalue weighted by atomic mass is 32.1. The molecule has 3 rings (SSSR count). The van der Waals surface area contributed by atoms with Gasteiger partial charge in [0.25, 0.3) is 11.5 Å². The third-order valence-electron chi connectivity index (χ3n) is 5.10. The number of fused-ring (bicyclic) bond motifs is 1. The van der Waals surface area contributed by atoms with E-state index in [2.05, 4.69) is 10.2 Å². The second-order valence-corrected chi connectivity index (χ2v) is 8.22. The van der Waals surface area contributed by atoms with Gasteiger partial charge in [-0.1, -0.05) is 6.42 Å². The first-order chi connectivity index (χ1) is 13.0. The summed E-state index contributed by atoms with van der Waals surface area (Å²) in [7, 11) is 1.51. The molecule has 1 amide bonds. The van der Waals surface area contributed by atoms with Gasteiger partial charge in [-0.2, -0.15) is 0 Å². The molecule has 1 aliphatic rings. The second kappa shape index (κ2) is 8.89. The molecule has 0 aliphatic carbocycles. The molecule has 2 aromatic rings. The van der Waals surface area contributed by atoms with Crippen LogP contribution >= 0.6 is 11.3 Å². The number of hydrogen-bond acceptors (Lipinski definition) is 5. The lowest BCUT2D eigenvalue weighted by Crippen LogP contribution is -2.36. The van der Waals surface area contributed by atoms with E-state index in [1.54, 1.807) is 4.57 Å². The fourth-order valence-electron chi connectivity index (χ4n) is 3.76. The van der Waals surface area contributed by atoms with Crippen LogP contribution in [-0.2, 0) is 0 Å². The number of pyridine rings is 1. The summed E-state index contributed by atoms with van der Waals surface area (Å²) in [6, 6.07) is 1.87. The van der Waals surface area contributed by atoms with E-state index in [1.165, 1.54) is 37.7 Å². The number of piperidine rings is 1. The first-order valence-corrected chi connectivity index (χ1v) is 10.6. The van der Waals surface area contributed by atoms with Crippen LogP contribution < -0.4 is 15.6 Å². The van der Waals surface area contributed by atoms with Crippen LogP contribution in [0.1, 0.15) is 55.9 Å². The summed E-state index contributed by atoms with van der Waals surface area (Å²) in [5, 5.41) is 5.66. The molecule has 148 valence electrons.